The van der Waals surface area contributed by atoms with E-state index < -0.39 is 0 Å². The van der Waals surface area contributed by atoms with Crippen LogP contribution in [-0.4, -0.2) is 35.8 Å². The Bertz CT molecular complexity index is 1430. The lowest BCUT2D eigenvalue weighted by Gasteiger charge is -2.12. The van der Waals surface area contributed by atoms with Crippen molar-refractivity contribution in [2.24, 2.45) is 7.05 Å². The van der Waals surface area contributed by atoms with Crippen molar-refractivity contribution in [3.05, 3.63) is 67.6 Å². The normalized spacial score (nSPS) is 16.7. The maximum atomic E-state index is 13.5. The van der Waals surface area contributed by atoms with Crippen LogP contribution in [0.5, 0.6) is 0 Å². The Kier molecular flexibility index (Phi) is 4.62. The van der Waals surface area contributed by atoms with Crippen molar-refractivity contribution >= 4 is 16.9 Å². The molecule has 0 amide bonds. The molecule has 0 aliphatic carbocycles. The number of aryl methyl sites for hydroxylation is 4. The number of aromatic nitrogens is 5. The Labute approximate surface area is 179 Å². The van der Waals surface area contributed by atoms with Gasteiger partial charge in [0, 0.05) is 25.5 Å². The van der Waals surface area contributed by atoms with E-state index in [0.717, 1.165) is 41.8 Å². The van der Waals surface area contributed by atoms with Gasteiger partial charge in [-0.2, -0.15) is 4.98 Å². The van der Waals surface area contributed by atoms with Crippen molar-refractivity contribution < 1.29 is 4.74 Å². The molecule has 0 radical (unpaired) electrons. The number of hydrogen-bond acceptors (Lipinski definition) is 4. The molecule has 4 aromatic rings. The van der Waals surface area contributed by atoms with E-state index in [2.05, 4.69) is 4.57 Å². The van der Waals surface area contributed by atoms with Crippen molar-refractivity contribution in [2.45, 2.75) is 52.8 Å². The molecule has 8 heteroatoms. The first-order valence-corrected chi connectivity index (χ1v) is 10.7. The summed E-state index contributed by atoms with van der Waals surface area (Å²) < 4.78 is 12.5. The van der Waals surface area contributed by atoms with Gasteiger partial charge in [0.2, 0.25) is 5.78 Å². The molecule has 0 saturated carbocycles. The maximum Gasteiger partial charge on any atom is 0.332 e. The number of benzene rings is 1. The average molecular weight is 422 g/mol. The zero-order chi connectivity index (χ0) is 21.9. The van der Waals surface area contributed by atoms with Crippen LogP contribution in [0.3, 0.4) is 0 Å². The Morgan fingerprint density at radius 1 is 1.16 bits per heavy atom. The Morgan fingerprint density at radius 2 is 1.97 bits per heavy atom. The minimum atomic E-state index is -0.360. The molecule has 5 rings (SSSR count). The van der Waals surface area contributed by atoms with Crippen molar-refractivity contribution in [3.63, 3.8) is 0 Å². The highest BCUT2D eigenvalue weighted by molar-refractivity contribution is 5.75. The summed E-state index contributed by atoms with van der Waals surface area (Å²) in [4.78, 5) is 31.3. The van der Waals surface area contributed by atoms with E-state index >= 15 is 0 Å². The topological polar surface area (TPSA) is 75.5 Å². The van der Waals surface area contributed by atoms with Gasteiger partial charge in [-0.15, -0.1) is 0 Å². The van der Waals surface area contributed by atoms with E-state index in [0.29, 0.717) is 23.5 Å². The van der Waals surface area contributed by atoms with Gasteiger partial charge in [-0.25, -0.2) is 4.79 Å². The molecule has 1 atom stereocenters. The molecule has 1 saturated heterocycles. The van der Waals surface area contributed by atoms with Gasteiger partial charge in [0.15, 0.2) is 11.2 Å². The number of imidazole rings is 2. The van der Waals surface area contributed by atoms with Crippen LogP contribution in [0.25, 0.3) is 16.9 Å². The largest absolute Gasteiger partial charge is 0.376 e. The lowest BCUT2D eigenvalue weighted by atomic mass is 10.1. The summed E-state index contributed by atoms with van der Waals surface area (Å²) in [6, 6.07) is 6.08. The molecular formula is C23H27N5O3. The lowest BCUT2D eigenvalue weighted by molar-refractivity contribution is 0.0974. The molecule has 1 fully saturated rings. The van der Waals surface area contributed by atoms with Gasteiger partial charge in [0.25, 0.3) is 5.56 Å². The van der Waals surface area contributed by atoms with E-state index in [-0.39, 0.29) is 23.9 Å². The minimum Gasteiger partial charge on any atom is -0.376 e. The van der Waals surface area contributed by atoms with Crippen LogP contribution in [0.2, 0.25) is 0 Å². The highest BCUT2D eigenvalue weighted by Crippen LogP contribution is 2.20. The fourth-order valence-corrected chi connectivity index (χ4v) is 4.55. The van der Waals surface area contributed by atoms with E-state index in [4.69, 9.17) is 9.72 Å². The fraction of sp³-hybridized carbons (Fsp3) is 0.435. The second-order valence-electron chi connectivity index (χ2n) is 8.63. The van der Waals surface area contributed by atoms with E-state index in [1.807, 2.05) is 49.6 Å². The number of hydrogen-bond donors (Lipinski definition) is 0. The molecule has 162 valence electrons. The molecule has 0 N–H and O–H groups in total. The van der Waals surface area contributed by atoms with Crippen LogP contribution < -0.4 is 11.2 Å². The number of rotatable bonds is 4. The zero-order valence-corrected chi connectivity index (χ0v) is 18.4. The van der Waals surface area contributed by atoms with Crippen molar-refractivity contribution in [3.8, 4) is 0 Å². The monoisotopic (exact) mass is 421 g/mol. The van der Waals surface area contributed by atoms with E-state index in [1.165, 1.54) is 9.13 Å². The van der Waals surface area contributed by atoms with E-state index in [1.54, 1.807) is 7.05 Å². The van der Waals surface area contributed by atoms with Gasteiger partial charge in [-0.3, -0.25) is 18.3 Å². The predicted molar refractivity (Wildman–Crippen MR) is 119 cm³/mol. The summed E-state index contributed by atoms with van der Waals surface area (Å²) >= 11 is 0. The first-order chi connectivity index (χ1) is 14.8. The third kappa shape index (κ3) is 3.13. The number of nitrogens with zero attached hydrogens (tertiary/aromatic N) is 5. The Morgan fingerprint density at radius 3 is 2.71 bits per heavy atom. The molecule has 0 unspecified atom stereocenters. The fourth-order valence-electron chi connectivity index (χ4n) is 4.55. The average Bonchev–Trinajstić information content (AvgIpc) is 3.44. The van der Waals surface area contributed by atoms with Crippen LogP contribution in [0.4, 0.5) is 0 Å². The first-order valence-electron chi connectivity index (χ1n) is 10.7. The molecule has 8 nitrogen and oxygen atoms in total. The molecule has 1 aliphatic rings. The standard InChI is InChI=1S/C23H27N5O3/c1-14-7-8-15(2)17(10-14)12-28-21(29)19-20(25(4)23(28)30)24-22-26(16(3)11-27(19)22)13-18-6-5-9-31-18/h7-8,10-11,18H,5-6,9,12-13H2,1-4H3/t18-/m1/s1. The van der Waals surface area contributed by atoms with Gasteiger partial charge < -0.3 is 9.30 Å². The summed E-state index contributed by atoms with van der Waals surface area (Å²) in [7, 11) is 1.67. The number of ether oxygens (including phenoxy) is 1. The van der Waals surface area contributed by atoms with Crippen LogP contribution in [0.1, 0.15) is 35.2 Å². The predicted octanol–water partition coefficient (Wildman–Crippen LogP) is 2.30. The zero-order valence-electron chi connectivity index (χ0n) is 18.4. The van der Waals surface area contributed by atoms with Crippen molar-refractivity contribution in [1.29, 1.82) is 0 Å². The second kappa shape index (κ2) is 7.23. The Hall–Kier alpha value is -3.13. The van der Waals surface area contributed by atoms with Crippen LogP contribution in [0, 0.1) is 20.8 Å². The Balaban J connectivity index is 1.70. The summed E-state index contributed by atoms with van der Waals surface area (Å²) in [5.74, 6) is 0.666. The third-order valence-electron chi connectivity index (χ3n) is 6.38. The number of fused-ring (bicyclic) bond motifs is 3. The molecule has 1 aliphatic heterocycles. The highest BCUT2D eigenvalue weighted by Gasteiger charge is 2.23. The van der Waals surface area contributed by atoms with Crippen molar-refractivity contribution in [1.82, 2.24) is 23.1 Å². The quantitative estimate of drug-likeness (QED) is 0.507. The molecule has 4 heterocycles. The molecule has 3 aromatic heterocycles. The molecule has 31 heavy (non-hydrogen) atoms. The molecule has 0 spiro atoms. The summed E-state index contributed by atoms with van der Waals surface area (Å²) in [5, 5.41) is 0. The molecule has 0 bridgehead atoms. The third-order valence-corrected chi connectivity index (χ3v) is 6.38. The highest BCUT2D eigenvalue weighted by atomic mass is 16.5. The second-order valence-corrected chi connectivity index (χ2v) is 8.63. The van der Waals surface area contributed by atoms with E-state index in [9.17, 15) is 9.59 Å². The minimum absolute atomic E-state index is 0.152. The van der Waals surface area contributed by atoms with Crippen LogP contribution in [0.15, 0.2) is 34.0 Å². The van der Waals surface area contributed by atoms with Crippen molar-refractivity contribution in [2.75, 3.05) is 6.61 Å². The first kappa shape index (κ1) is 19.8. The lowest BCUT2D eigenvalue weighted by Crippen LogP contribution is -2.39. The smallest absolute Gasteiger partial charge is 0.332 e. The summed E-state index contributed by atoms with van der Waals surface area (Å²) in [6.45, 7) is 7.72. The van der Waals surface area contributed by atoms with Gasteiger partial charge >= 0.3 is 5.69 Å². The maximum absolute atomic E-state index is 13.5. The SMILES string of the molecule is Cc1ccc(C)c(Cn2c(=O)c3c(nc4n(C[C@H]5CCCO5)c(C)cn34)n(C)c2=O)c1. The molecule has 1 aromatic carbocycles. The van der Waals surface area contributed by atoms with Gasteiger partial charge in [0.05, 0.1) is 19.2 Å². The van der Waals surface area contributed by atoms with Gasteiger partial charge in [-0.05, 0) is 44.7 Å². The van der Waals surface area contributed by atoms with Gasteiger partial charge in [-0.1, -0.05) is 23.8 Å². The van der Waals surface area contributed by atoms with Crippen LogP contribution in [-0.2, 0) is 24.9 Å². The summed E-state index contributed by atoms with van der Waals surface area (Å²) in [5.41, 5.74) is 4.28. The van der Waals surface area contributed by atoms with Crippen LogP contribution >= 0.6 is 0 Å². The summed E-state index contributed by atoms with van der Waals surface area (Å²) in [6.07, 6.45) is 4.16. The molecular weight excluding hydrogens is 394 g/mol. The van der Waals surface area contributed by atoms with Gasteiger partial charge in [0.1, 0.15) is 0 Å².